The molecule has 0 spiro atoms. The molecule has 2 aromatic rings. The van der Waals surface area contributed by atoms with Gasteiger partial charge in [-0.25, -0.2) is 0 Å². The molecule has 2 rings (SSSR count). The lowest BCUT2D eigenvalue weighted by atomic mass is 9.86. The molecule has 0 aliphatic heterocycles. The van der Waals surface area contributed by atoms with Crippen LogP contribution in [0.25, 0.3) is 6.08 Å². The third-order valence-electron chi connectivity index (χ3n) is 3.98. The minimum atomic E-state index is -0.185. The van der Waals surface area contributed by atoms with E-state index in [0.717, 1.165) is 16.8 Å². The van der Waals surface area contributed by atoms with Crippen molar-refractivity contribution in [2.45, 2.75) is 26.2 Å². The first kappa shape index (κ1) is 19.4. The Bertz CT molecular complexity index is 813. The van der Waals surface area contributed by atoms with Crippen molar-refractivity contribution in [3.8, 4) is 0 Å². The Hall–Kier alpha value is -2.88. The van der Waals surface area contributed by atoms with Crippen molar-refractivity contribution in [1.82, 2.24) is 4.90 Å². The molecule has 0 saturated heterocycles. The molecule has 0 aromatic heterocycles. The maximum atomic E-state index is 12.3. The van der Waals surface area contributed by atoms with E-state index in [1.807, 2.05) is 36.4 Å². The zero-order valence-corrected chi connectivity index (χ0v) is 16.0. The van der Waals surface area contributed by atoms with E-state index in [1.54, 1.807) is 32.3 Å². The highest BCUT2D eigenvalue weighted by atomic mass is 16.2. The van der Waals surface area contributed by atoms with Crippen LogP contribution in [0.3, 0.4) is 0 Å². The van der Waals surface area contributed by atoms with Crippen molar-refractivity contribution >= 4 is 23.6 Å². The Kier molecular flexibility index (Phi) is 5.98. The van der Waals surface area contributed by atoms with Gasteiger partial charge in [0.15, 0.2) is 0 Å². The highest BCUT2D eigenvalue weighted by molar-refractivity contribution is 6.02. The lowest BCUT2D eigenvalue weighted by Crippen LogP contribution is -2.21. The second kappa shape index (κ2) is 8.00. The summed E-state index contributed by atoms with van der Waals surface area (Å²) in [6, 6.07) is 15.0. The molecule has 0 atom stereocenters. The predicted molar refractivity (Wildman–Crippen MR) is 107 cm³/mol. The van der Waals surface area contributed by atoms with Gasteiger partial charge < -0.3 is 10.2 Å². The van der Waals surface area contributed by atoms with Crippen LogP contribution in [-0.4, -0.2) is 30.8 Å². The summed E-state index contributed by atoms with van der Waals surface area (Å²) in [6.07, 6.45) is 3.24. The fourth-order valence-corrected chi connectivity index (χ4v) is 2.59. The van der Waals surface area contributed by atoms with Gasteiger partial charge in [-0.05, 0) is 40.8 Å². The minimum absolute atomic E-state index is 0.0444. The van der Waals surface area contributed by atoms with Crippen LogP contribution in [0.1, 0.15) is 42.3 Å². The first-order valence-corrected chi connectivity index (χ1v) is 8.59. The Morgan fingerprint density at radius 1 is 0.962 bits per heavy atom. The zero-order chi connectivity index (χ0) is 19.3. The number of carbonyl (C=O) groups excluding carboxylic acids is 2. The number of benzene rings is 2. The third kappa shape index (κ3) is 5.06. The van der Waals surface area contributed by atoms with Gasteiger partial charge in [0, 0.05) is 31.4 Å². The smallest absolute Gasteiger partial charge is 0.253 e. The van der Waals surface area contributed by atoms with Crippen molar-refractivity contribution in [1.29, 1.82) is 0 Å². The number of hydrogen-bond donors (Lipinski definition) is 1. The van der Waals surface area contributed by atoms with Gasteiger partial charge in [-0.2, -0.15) is 0 Å². The average Bonchev–Trinajstić information content (AvgIpc) is 2.59. The van der Waals surface area contributed by atoms with Crippen molar-refractivity contribution in [2.75, 3.05) is 19.4 Å². The van der Waals surface area contributed by atoms with Crippen LogP contribution in [0.4, 0.5) is 5.69 Å². The number of para-hydroxylation sites is 1. The van der Waals surface area contributed by atoms with Gasteiger partial charge in [-0.15, -0.1) is 0 Å². The first-order chi connectivity index (χ1) is 12.2. The molecule has 4 nitrogen and oxygen atoms in total. The fourth-order valence-electron chi connectivity index (χ4n) is 2.59. The molecular formula is C22H26N2O2. The number of hydrogen-bond acceptors (Lipinski definition) is 2. The number of rotatable bonds is 4. The number of nitrogens with zero attached hydrogens (tertiary/aromatic N) is 1. The molecule has 0 aliphatic carbocycles. The Balaban J connectivity index is 2.08. The van der Waals surface area contributed by atoms with Crippen LogP contribution in [-0.2, 0) is 10.2 Å². The summed E-state index contributed by atoms with van der Waals surface area (Å²) in [6.45, 7) is 6.35. The Labute approximate surface area is 155 Å². The number of nitrogens with one attached hydrogen (secondary N) is 1. The first-order valence-electron chi connectivity index (χ1n) is 8.59. The van der Waals surface area contributed by atoms with Crippen LogP contribution < -0.4 is 5.32 Å². The average molecular weight is 350 g/mol. The quantitative estimate of drug-likeness (QED) is 0.834. The summed E-state index contributed by atoms with van der Waals surface area (Å²) in [5.74, 6) is -0.229. The van der Waals surface area contributed by atoms with Crippen LogP contribution >= 0.6 is 0 Å². The van der Waals surface area contributed by atoms with Crippen LogP contribution in [0.5, 0.6) is 0 Å². The standard InChI is InChI=1S/C22H26N2O2/c1-22(2,3)18-8-6-7-9-19(18)23-20(25)15-12-16-10-13-17(14-11-16)21(26)24(4)5/h6-15H,1-5H3,(H,23,25)/b15-12+. The SMILES string of the molecule is CN(C)C(=O)c1ccc(/C=C/C(=O)Nc2ccccc2C(C)(C)C)cc1. The molecule has 0 saturated carbocycles. The largest absolute Gasteiger partial charge is 0.345 e. The van der Waals surface area contributed by atoms with Gasteiger partial charge in [-0.3, -0.25) is 9.59 Å². The number of anilines is 1. The summed E-state index contributed by atoms with van der Waals surface area (Å²) in [5, 5.41) is 2.95. The van der Waals surface area contributed by atoms with E-state index in [0.29, 0.717) is 5.56 Å². The van der Waals surface area contributed by atoms with E-state index < -0.39 is 0 Å². The topological polar surface area (TPSA) is 49.4 Å². The van der Waals surface area contributed by atoms with Gasteiger partial charge in [-0.1, -0.05) is 51.1 Å². The van der Waals surface area contributed by atoms with Crippen LogP contribution in [0.2, 0.25) is 0 Å². The molecular weight excluding hydrogens is 324 g/mol. The summed E-state index contributed by atoms with van der Waals surface area (Å²) < 4.78 is 0. The predicted octanol–water partition coefficient (Wildman–Crippen LogP) is 4.34. The number of carbonyl (C=O) groups is 2. The normalized spacial score (nSPS) is 11.4. The van der Waals surface area contributed by atoms with E-state index in [9.17, 15) is 9.59 Å². The second-order valence-corrected chi connectivity index (χ2v) is 7.44. The van der Waals surface area contributed by atoms with E-state index in [2.05, 4.69) is 26.1 Å². The fraction of sp³-hybridized carbons (Fsp3) is 0.273. The monoisotopic (exact) mass is 350 g/mol. The lowest BCUT2D eigenvalue weighted by molar-refractivity contribution is -0.111. The third-order valence-corrected chi connectivity index (χ3v) is 3.98. The molecule has 0 bridgehead atoms. The van der Waals surface area contributed by atoms with Gasteiger partial charge in [0.05, 0.1) is 0 Å². The van der Waals surface area contributed by atoms with E-state index >= 15 is 0 Å². The summed E-state index contributed by atoms with van der Waals surface area (Å²) >= 11 is 0. The molecule has 0 unspecified atom stereocenters. The van der Waals surface area contributed by atoms with E-state index in [4.69, 9.17) is 0 Å². The highest BCUT2D eigenvalue weighted by Crippen LogP contribution is 2.29. The zero-order valence-electron chi connectivity index (χ0n) is 16.0. The summed E-state index contributed by atoms with van der Waals surface area (Å²) in [5.41, 5.74) is 3.34. The highest BCUT2D eigenvalue weighted by Gasteiger charge is 2.17. The molecule has 0 aliphatic rings. The second-order valence-electron chi connectivity index (χ2n) is 7.44. The minimum Gasteiger partial charge on any atom is -0.345 e. The maximum Gasteiger partial charge on any atom is 0.253 e. The molecule has 136 valence electrons. The Morgan fingerprint density at radius 2 is 1.58 bits per heavy atom. The Morgan fingerprint density at radius 3 is 2.15 bits per heavy atom. The molecule has 2 amide bonds. The van der Waals surface area contributed by atoms with Crippen molar-refractivity contribution in [3.05, 3.63) is 71.3 Å². The molecule has 4 heteroatoms. The van der Waals surface area contributed by atoms with Gasteiger partial charge in [0.2, 0.25) is 5.91 Å². The molecule has 2 aromatic carbocycles. The van der Waals surface area contributed by atoms with E-state index in [-0.39, 0.29) is 17.2 Å². The maximum absolute atomic E-state index is 12.3. The van der Waals surface area contributed by atoms with Crippen LogP contribution in [0, 0.1) is 0 Å². The molecule has 0 radical (unpaired) electrons. The van der Waals surface area contributed by atoms with Gasteiger partial charge in [0.1, 0.15) is 0 Å². The van der Waals surface area contributed by atoms with E-state index in [1.165, 1.54) is 11.0 Å². The van der Waals surface area contributed by atoms with Crippen molar-refractivity contribution in [2.24, 2.45) is 0 Å². The van der Waals surface area contributed by atoms with Crippen molar-refractivity contribution in [3.63, 3.8) is 0 Å². The molecule has 1 N–H and O–H groups in total. The molecule has 0 fully saturated rings. The summed E-state index contributed by atoms with van der Waals surface area (Å²) in [7, 11) is 3.44. The van der Waals surface area contributed by atoms with Gasteiger partial charge >= 0.3 is 0 Å². The van der Waals surface area contributed by atoms with Crippen LogP contribution in [0.15, 0.2) is 54.6 Å². The molecule has 0 heterocycles. The van der Waals surface area contributed by atoms with Crippen molar-refractivity contribution < 1.29 is 9.59 Å². The summed E-state index contributed by atoms with van der Waals surface area (Å²) in [4.78, 5) is 25.7. The van der Waals surface area contributed by atoms with Gasteiger partial charge in [0.25, 0.3) is 5.91 Å². The number of amides is 2. The lowest BCUT2D eigenvalue weighted by Gasteiger charge is -2.22. The molecule has 26 heavy (non-hydrogen) atoms.